The Balaban J connectivity index is 1.87. The average Bonchev–Trinajstić information content (AvgIpc) is 2.75. The second kappa shape index (κ2) is 5.87. The summed E-state index contributed by atoms with van der Waals surface area (Å²) in [6.07, 6.45) is 2.14. The highest BCUT2D eigenvalue weighted by molar-refractivity contribution is 6.03. The number of benzene rings is 1. The lowest BCUT2D eigenvalue weighted by Crippen LogP contribution is -2.25. The Morgan fingerprint density at radius 1 is 1.32 bits per heavy atom. The highest BCUT2D eigenvalue weighted by atomic mass is 16.5. The number of hydrogen-bond donors (Lipinski definition) is 1. The Bertz CT molecular complexity index is 467. The Morgan fingerprint density at radius 3 is 2.53 bits per heavy atom. The molecule has 0 radical (unpaired) electrons. The van der Waals surface area contributed by atoms with Gasteiger partial charge in [0.15, 0.2) is 0 Å². The summed E-state index contributed by atoms with van der Waals surface area (Å²) in [6.45, 7) is 2.03. The molecular weight excluding hydrogens is 242 g/mol. The van der Waals surface area contributed by atoms with Crippen molar-refractivity contribution in [2.75, 3.05) is 7.11 Å². The van der Waals surface area contributed by atoms with Crippen LogP contribution in [-0.4, -0.2) is 18.9 Å². The predicted octanol–water partition coefficient (Wildman–Crippen LogP) is 1.93. The van der Waals surface area contributed by atoms with Crippen molar-refractivity contribution >= 4 is 11.8 Å². The number of imide groups is 1. The fourth-order valence-electron chi connectivity index (χ4n) is 2.42. The van der Waals surface area contributed by atoms with Crippen molar-refractivity contribution < 1.29 is 14.3 Å². The fourth-order valence-corrected chi connectivity index (χ4v) is 2.42. The number of ether oxygens (including phenoxy) is 1. The third-order valence-electron chi connectivity index (χ3n) is 3.74. The number of aryl methyl sites for hydroxylation is 1. The van der Waals surface area contributed by atoms with Crippen LogP contribution in [-0.2, 0) is 16.0 Å². The topological polar surface area (TPSA) is 55.4 Å². The molecule has 0 saturated carbocycles. The van der Waals surface area contributed by atoms with E-state index in [-0.39, 0.29) is 23.7 Å². The van der Waals surface area contributed by atoms with Gasteiger partial charge in [0.1, 0.15) is 5.75 Å². The minimum atomic E-state index is -0.161. The lowest BCUT2D eigenvalue weighted by atomic mass is 9.87. The average molecular weight is 261 g/mol. The maximum atomic E-state index is 11.6. The van der Waals surface area contributed by atoms with E-state index in [2.05, 4.69) is 5.32 Å². The lowest BCUT2D eigenvalue weighted by molar-refractivity contribution is -0.126. The third-order valence-corrected chi connectivity index (χ3v) is 3.74. The summed E-state index contributed by atoms with van der Waals surface area (Å²) >= 11 is 0. The SMILES string of the molecule is COc1ccc(CCC(C)C2CC(=O)NC2=O)cc1. The number of rotatable bonds is 5. The molecule has 4 nitrogen and oxygen atoms in total. The molecule has 1 heterocycles. The molecule has 102 valence electrons. The molecule has 0 aromatic heterocycles. The van der Waals surface area contributed by atoms with Crippen LogP contribution in [0, 0.1) is 11.8 Å². The van der Waals surface area contributed by atoms with Crippen molar-refractivity contribution in [2.24, 2.45) is 11.8 Å². The van der Waals surface area contributed by atoms with Gasteiger partial charge in [-0.05, 0) is 36.5 Å². The van der Waals surface area contributed by atoms with Crippen molar-refractivity contribution in [3.05, 3.63) is 29.8 Å². The van der Waals surface area contributed by atoms with Crippen molar-refractivity contribution in [1.29, 1.82) is 0 Å². The molecule has 2 amide bonds. The van der Waals surface area contributed by atoms with Crippen molar-refractivity contribution in [1.82, 2.24) is 5.32 Å². The third kappa shape index (κ3) is 3.34. The zero-order valence-electron chi connectivity index (χ0n) is 11.3. The van der Waals surface area contributed by atoms with Gasteiger partial charge < -0.3 is 4.74 Å². The number of hydrogen-bond acceptors (Lipinski definition) is 3. The zero-order chi connectivity index (χ0) is 13.8. The van der Waals surface area contributed by atoms with Crippen LogP contribution in [0.4, 0.5) is 0 Å². The highest BCUT2D eigenvalue weighted by Gasteiger charge is 2.34. The van der Waals surface area contributed by atoms with Crippen LogP contribution < -0.4 is 10.1 Å². The van der Waals surface area contributed by atoms with Gasteiger partial charge in [0, 0.05) is 12.3 Å². The maximum absolute atomic E-state index is 11.6. The Kier molecular flexibility index (Phi) is 4.20. The van der Waals surface area contributed by atoms with Gasteiger partial charge in [-0.25, -0.2) is 0 Å². The van der Waals surface area contributed by atoms with E-state index in [0.29, 0.717) is 6.42 Å². The molecule has 2 atom stereocenters. The molecule has 19 heavy (non-hydrogen) atoms. The van der Waals surface area contributed by atoms with Gasteiger partial charge in [-0.3, -0.25) is 14.9 Å². The van der Waals surface area contributed by atoms with Crippen LogP contribution in [0.15, 0.2) is 24.3 Å². The van der Waals surface area contributed by atoms with Crippen LogP contribution in [0.5, 0.6) is 5.75 Å². The van der Waals surface area contributed by atoms with Crippen LogP contribution in [0.3, 0.4) is 0 Å². The van der Waals surface area contributed by atoms with Crippen LogP contribution in [0.2, 0.25) is 0 Å². The molecule has 2 unspecified atom stereocenters. The Morgan fingerprint density at radius 2 is 2.00 bits per heavy atom. The number of carbonyl (C=O) groups excluding carboxylic acids is 2. The largest absolute Gasteiger partial charge is 0.497 e. The molecule has 0 spiro atoms. The van der Waals surface area contributed by atoms with Crippen LogP contribution in [0.1, 0.15) is 25.3 Å². The van der Waals surface area contributed by atoms with Crippen LogP contribution in [0.25, 0.3) is 0 Å². The van der Waals surface area contributed by atoms with E-state index < -0.39 is 0 Å². The highest BCUT2D eigenvalue weighted by Crippen LogP contribution is 2.25. The zero-order valence-corrected chi connectivity index (χ0v) is 11.3. The molecule has 1 saturated heterocycles. The first-order chi connectivity index (χ1) is 9.10. The number of methoxy groups -OCH3 is 1. The summed E-state index contributed by atoms with van der Waals surface area (Å²) in [6, 6.07) is 7.94. The maximum Gasteiger partial charge on any atom is 0.230 e. The summed E-state index contributed by atoms with van der Waals surface area (Å²) in [5.74, 6) is 0.635. The van der Waals surface area contributed by atoms with Crippen molar-refractivity contribution in [3.63, 3.8) is 0 Å². The Hall–Kier alpha value is -1.84. The molecule has 1 aromatic rings. The van der Waals surface area contributed by atoms with E-state index in [1.54, 1.807) is 7.11 Å². The van der Waals surface area contributed by atoms with Gasteiger partial charge in [-0.2, -0.15) is 0 Å². The van der Waals surface area contributed by atoms with E-state index in [9.17, 15) is 9.59 Å². The molecule has 1 aliphatic heterocycles. The summed E-state index contributed by atoms with van der Waals surface area (Å²) < 4.78 is 5.11. The summed E-state index contributed by atoms with van der Waals surface area (Å²) in [5.41, 5.74) is 1.22. The van der Waals surface area contributed by atoms with Gasteiger partial charge in [0.05, 0.1) is 7.11 Å². The van der Waals surface area contributed by atoms with Gasteiger partial charge >= 0.3 is 0 Å². The van der Waals surface area contributed by atoms with Gasteiger partial charge in [0.2, 0.25) is 11.8 Å². The standard InChI is InChI=1S/C15H19NO3/c1-10(13-9-14(17)16-15(13)18)3-4-11-5-7-12(19-2)8-6-11/h5-8,10,13H,3-4,9H2,1-2H3,(H,16,17,18). The summed E-state index contributed by atoms with van der Waals surface area (Å²) in [5, 5.41) is 2.37. The normalized spacial score (nSPS) is 20.2. The smallest absolute Gasteiger partial charge is 0.230 e. The van der Waals surface area contributed by atoms with Gasteiger partial charge in [-0.15, -0.1) is 0 Å². The number of carbonyl (C=O) groups is 2. The van der Waals surface area contributed by atoms with Crippen LogP contribution >= 0.6 is 0 Å². The van der Waals surface area contributed by atoms with E-state index in [4.69, 9.17) is 4.74 Å². The first-order valence-electron chi connectivity index (χ1n) is 6.56. The van der Waals surface area contributed by atoms with E-state index in [0.717, 1.165) is 18.6 Å². The minimum absolute atomic E-state index is 0.118. The van der Waals surface area contributed by atoms with E-state index >= 15 is 0 Å². The molecular formula is C15H19NO3. The quantitative estimate of drug-likeness (QED) is 0.824. The second-order valence-corrected chi connectivity index (χ2v) is 5.09. The van der Waals surface area contributed by atoms with E-state index in [1.807, 2.05) is 31.2 Å². The van der Waals surface area contributed by atoms with Crippen molar-refractivity contribution in [3.8, 4) is 5.75 Å². The first kappa shape index (κ1) is 13.6. The molecule has 1 aliphatic rings. The molecule has 2 rings (SSSR count). The van der Waals surface area contributed by atoms with Crippen molar-refractivity contribution in [2.45, 2.75) is 26.2 Å². The van der Waals surface area contributed by atoms with Gasteiger partial charge in [0.25, 0.3) is 0 Å². The summed E-state index contributed by atoms with van der Waals surface area (Å²) in [4.78, 5) is 22.7. The molecule has 1 N–H and O–H groups in total. The number of nitrogens with one attached hydrogen (secondary N) is 1. The lowest BCUT2D eigenvalue weighted by Gasteiger charge is -2.15. The monoisotopic (exact) mass is 261 g/mol. The van der Waals surface area contributed by atoms with E-state index in [1.165, 1.54) is 5.56 Å². The molecule has 0 bridgehead atoms. The molecule has 4 heteroatoms. The Labute approximate surface area is 113 Å². The molecule has 1 aromatic carbocycles. The predicted molar refractivity (Wildman–Crippen MR) is 71.7 cm³/mol. The minimum Gasteiger partial charge on any atom is -0.497 e. The van der Waals surface area contributed by atoms with Gasteiger partial charge in [-0.1, -0.05) is 19.1 Å². The first-order valence-corrected chi connectivity index (χ1v) is 6.56. The number of amides is 2. The molecule has 0 aliphatic carbocycles. The second-order valence-electron chi connectivity index (χ2n) is 5.09. The fraction of sp³-hybridized carbons (Fsp3) is 0.467. The molecule has 1 fully saturated rings. The summed E-state index contributed by atoms with van der Waals surface area (Å²) in [7, 11) is 1.65.